The van der Waals surface area contributed by atoms with E-state index in [0.29, 0.717) is 0 Å². The summed E-state index contributed by atoms with van der Waals surface area (Å²) in [5.74, 6) is -1.50. The maximum Gasteiger partial charge on any atom is 0.253 e. The van der Waals surface area contributed by atoms with Gasteiger partial charge in [0.1, 0.15) is 5.82 Å². The molecule has 1 saturated heterocycles. The SMILES string of the molecule is O=C(NC1CS(=O)(=O)CC1Cl)c1ccc(F)cc1Cl. The van der Waals surface area contributed by atoms with Crippen LogP contribution in [0.25, 0.3) is 0 Å². The number of benzene rings is 1. The van der Waals surface area contributed by atoms with Crippen LogP contribution in [0.3, 0.4) is 0 Å². The Bertz CT molecular complexity index is 620. The van der Waals surface area contributed by atoms with Gasteiger partial charge in [0.2, 0.25) is 0 Å². The van der Waals surface area contributed by atoms with Gasteiger partial charge in [-0.3, -0.25) is 4.79 Å². The Labute approximate surface area is 119 Å². The van der Waals surface area contributed by atoms with Crippen LogP contribution in [0.5, 0.6) is 0 Å². The molecule has 0 aromatic heterocycles. The molecule has 0 radical (unpaired) electrons. The summed E-state index contributed by atoms with van der Waals surface area (Å²) in [7, 11) is -3.23. The van der Waals surface area contributed by atoms with Gasteiger partial charge in [-0.15, -0.1) is 11.6 Å². The number of amides is 1. The topological polar surface area (TPSA) is 63.2 Å². The van der Waals surface area contributed by atoms with Gasteiger partial charge in [-0.1, -0.05) is 11.6 Å². The van der Waals surface area contributed by atoms with Crippen molar-refractivity contribution < 1.29 is 17.6 Å². The van der Waals surface area contributed by atoms with E-state index in [2.05, 4.69) is 5.32 Å². The number of halogens is 3. The van der Waals surface area contributed by atoms with Crippen LogP contribution in [-0.2, 0) is 9.84 Å². The van der Waals surface area contributed by atoms with Crippen molar-refractivity contribution in [1.82, 2.24) is 5.32 Å². The zero-order valence-electron chi connectivity index (χ0n) is 9.57. The maximum absolute atomic E-state index is 12.9. The maximum atomic E-state index is 12.9. The molecule has 19 heavy (non-hydrogen) atoms. The van der Waals surface area contributed by atoms with E-state index in [1.807, 2.05) is 0 Å². The quantitative estimate of drug-likeness (QED) is 0.840. The summed E-state index contributed by atoms with van der Waals surface area (Å²) in [6.45, 7) is 0. The lowest BCUT2D eigenvalue weighted by Crippen LogP contribution is -2.40. The van der Waals surface area contributed by atoms with Crippen LogP contribution in [-0.4, -0.2) is 37.2 Å². The molecular weight excluding hydrogens is 316 g/mol. The summed E-state index contributed by atoms with van der Waals surface area (Å²) < 4.78 is 35.6. The van der Waals surface area contributed by atoms with Crippen molar-refractivity contribution in [3.05, 3.63) is 34.6 Å². The monoisotopic (exact) mass is 325 g/mol. The summed E-state index contributed by atoms with van der Waals surface area (Å²) in [4.78, 5) is 11.9. The van der Waals surface area contributed by atoms with Gasteiger partial charge in [0.05, 0.1) is 33.5 Å². The van der Waals surface area contributed by atoms with Crippen LogP contribution < -0.4 is 5.32 Å². The zero-order chi connectivity index (χ0) is 14.2. The molecule has 1 aromatic carbocycles. The third-order valence-electron chi connectivity index (χ3n) is 2.78. The van der Waals surface area contributed by atoms with Crippen LogP contribution in [0.15, 0.2) is 18.2 Å². The molecule has 0 spiro atoms. The number of sulfone groups is 1. The first-order valence-corrected chi connectivity index (χ1v) is 8.02. The van der Waals surface area contributed by atoms with E-state index < -0.39 is 33.0 Å². The molecule has 1 aliphatic rings. The predicted molar refractivity (Wildman–Crippen MR) is 71.0 cm³/mol. The number of alkyl halides is 1. The van der Waals surface area contributed by atoms with Gasteiger partial charge in [-0.2, -0.15) is 0 Å². The van der Waals surface area contributed by atoms with Crippen molar-refractivity contribution in [1.29, 1.82) is 0 Å². The van der Waals surface area contributed by atoms with Crippen LogP contribution in [0.2, 0.25) is 5.02 Å². The molecule has 4 nitrogen and oxygen atoms in total. The van der Waals surface area contributed by atoms with Crippen molar-refractivity contribution in [2.75, 3.05) is 11.5 Å². The van der Waals surface area contributed by atoms with E-state index in [1.165, 1.54) is 6.07 Å². The van der Waals surface area contributed by atoms with E-state index in [-0.39, 0.29) is 22.1 Å². The third kappa shape index (κ3) is 3.38. The Morgan fingerprint density at radius 2 is 2.05 bits per heavy atom. The second-order valence-corrected chi connectivity index (χ2v) is 7.42. The number of hydrogen-bond acceptors (Lipinski definition) is 3. The molecule has 1 fully saturated rings. The standard InChI is InChI=1S/C11H10Cl2FNO3S/c12-8-3-6(14)1-2-7(8)11(16)15-10-5-19(17,18)4-9(10)13/h1-3,9-10H,4-5H2,(H,15,16). The van der Waals surface area contributed by atoms with Crippen LogP contribution in [0.1, 0.15) is 10.4 Å². The van der Waals surface area contributed by atoms with Gasteiger partial charge in [0.25, 0.3) is 5.91 Å². The molecular formula is C11H10Cl2FNO3S. The first-order chi connectivity index (χ1) is 8.78. The molecule has 0 bridgehead atoms. The fourth-order valence-corrected chi connectivity index (χ4v) is 4.66. The first-order valence-electron chi connectivity index (χ1n) is 5.39. The zero-order valence-corrected chi connectivity index (χ0v) is 11.9. The molecule has 2 rings (SSSR count). The van der Waals surface area contributed by atoms with Crippen molar-refractivity contribution in [3.63, 3.8) is 0 Å². The average Bonchev–Trinajstić information content (AvgIpc) is 2.51. The molecule has 0 saturated carbocycles. The van der Waals surface area contributed by atoms with Gasteiger partial charge < -0.3 is 5.32 Å². The molecule has 2 unspecified atom stereocenters. The van der Waals surface area contributed by atoms with E-state index in [9.17, 15) is 17.6 Å². The van der Waals surface area contributed by atoms with E-state index in [0.717, 1.165) is 12.1 Å². The Balaban J connectivity index is 2.14. The van der Waals surface area contributed by atoms with E-state index in [1.54, 1.807) is 0 Å². The minimum absolute atomic E-state index is 0.0375. The predicted octanol–water partition coefficient (Wildman–Crippen LogP) is 1.61. The second kappa shape index (κ2) is 5.26. The van der Waals surface area contributed by atoms with Gasteiger partial charge in [-0.05, 0) is 18.2 Å². The van der Waals surface area contributed by atoms with Crippen LogP contribution >= 0.6 is 23.2 Å². The lowest BCUT2D eigenvalue weighted by Gasteiger charge is -2.14. The highest BCUT2D eigenvalue weighted by molar-refractivity contribution is 7.91. The normalized spacial score (nSPS) is 25.2. The lowest BCUT2D eigenvalue weighted by atomic mass is 10.2. The lowest BCUT2D eigenvalue weighted by molar-refractivity contribution is 0.0941. The van der Waals surface area contributed by atoms with Crippen molar-refractivity contribution >= 4 is 38.9 Å². The van der Waals surface area contributed by atoms with Crippen LogP contribution in [0.4, 0.5) is 4.39 Å². The number of hydrogen-bond donors (Lipinski definition) is 1. The van der Waals surface area contributed by atoms with Gasteiger partial charge in [-0.25, -0.2) is 12.8 Å². The van der Waals surface area contributed by atoms with Crippen molar-refractivity contribution in [2.45, 2.75) is 11.4 Å². The second-order valence-electron chi connectivity index (χ2n) is 4.30. The third-order valence-corrected chi connectivity index (χ3v) is 5.46. The highest BCUT2D eigenvalue weighted by Crippen LogP contribution is 2.21. The summed E-state index contributed by atoms with van der Waals surface area (Å²) >= 11 is 11.6. The molecule has 2 atom stereocenters. The molecule has 1 aromatic rings. The van der Waals surface area contributed by atoms with Gasteiger partial charge >= 0.3 is 0 Å². The molecule has 0 aliphatic carbocycles. The molecule has 104 valence electrons. The van der Waals surface area contributed by atoms with E-state index in [4.69, 9.17) is 23.2 Å². The number of nitrogens with one attached hydrogen (secondary N) is 1. The highest BCUT2D eigenvalue weighted by atomic mass is 35.5. The average molecular weight is 326 g/mol. The smallest absolute Gasteiger partial charge is 0.253 e. The summed E-state index contributed by atoms with van der Waals surface area (Å²) in [5.41, 5.74) is 0.0798. The number of carbonyl (C=O) groups excluding carboxylic acids is 1. The van der Waals surface area contributed by atoms with Crippen molar-refractivity contribution in [3.8, 4) is 0 Å². The Morgan fingerprint density at radius 1 is 1.37 bits per heavy atom. The molecule has 1 amide bonds. The Hall–Kier alpha value is -0.850. The molecule has 8 heteroatoms. The molecule has 1 aliphatic heterocycles. The van der Waals surface area contributed by atoms with E-state index >= 15 is 0 Å². The Morgan fingerprint density at radius 3 is 2.58 bits per heavy atom. The summed E-state index contributed by atoms with van der Waals surface area (Å²) in [6, 6.07) is 2.68. The molecule has 1 heterocycles. The van der Waals surface area contributed by atoms with Crippen LogP contribution in [0, 0.1) is 5.82 Å². The fourth-order valence-electron chi connectivity index (χ4n) is 1.86. The minimum Gasteiger partial charge on any atom is -0.347 e. The Kier molecular flexibility index (Phi) is 4.03. The van der Waals surface area contributed by atoms with Gasteiger partial charge in [0, 0.05) is 0 Å². The number of carbonyl (C=O) groups is 1. The summed E-state index contributed by atoms with van der Waals surface area (Å²) in [6.07, 6.45) is 0. The van der Waals surface area contributed by atoms with Crippen molar-refractivity contribution in [2.24, 2.45) is 0 Å². The minimum atomic E-state index is -3.23. The van der Waals surface area contributed by atoms with Gasteiger partial charge in [0.15, 0.2) is 9.84 Å². The fraction of sp³-hybridized carbons (Fsp3) is 0.364. The molecule has 1 N–H and O–H groups in total. The largest absolute Gasteiger partial charge is 0.347 e. The first kappa shape index (κ1) is 14.6. The highest BCUT2D eigenvalue weighted by Gasteiger charge is 2.37. The summed E-state index contributed by atoms with van der Waals surface area (Å²) in [5, 5.41) is 1.79. The number of rotatable bonds is 2.